The number of benzene rings is 1. The maximum absolute atomic E-state index is 13.2. The van der Waals surface area contributed by atoms with Crippen LogP contribution < -0.4 is 5.73 Å². The Hall–Kier alpha value is -0.600. The second-order valence-electron chi connectivity index (χ2n) is 3.25. The number of aryl methyl sites for hydroxylation is 1. The van der Waals surface area contributed by atoms with Gasteiger partial charge in [-0.2, -0.15) is 0 Å². The summed E-state index contributed by atoms with van der Waals surface area (Å²) in [5.41, 5.74) is 6.25. The third-order valence-electron chi connectivity index (χ3n) is 1.88. The van der Waals surface area contributed by atoms with Crippen molar-refractivity contribution in [3.8, 4) is 0 Å². The van der Waals surface area contributed by atoms with Gasteiger partial charge in [-0.1, -0.05) is 17.7 Å². The highest BCUT2D eigenvalue weighted by Crippen LogP contribution is 2.16. The van der Waals surface area contributed by atoms with Gasteiger partial charge in [0, 0.05) is 11.1 Å². The van der Waals surface area contributed by atoms with Gasteiger partial charge in [-0.3, -0.25) is 0 Å². The van der Waals surface area contributed by atoms with E-state index in [4.69, 9.17) is 17.3 Å². The van der Waals surface area contributed by atoms with Gasteiger partial charge in [0.15, 0.2) is 0 Å². The maximum Gasteiger partial charge on any atom is 0.127 e. The van der Waals surface area contributed by atoms with E-state index in [0.717, 1.165) is 6.42 Å². The van der Waals surface area contributed by atoms with Crippen molar-refractivity contribution in [2.75, 3.05) is 0 Å². The van der Waals surface area contributed by atoms with Gasteiger partial charge in [0.05, 0.1) is 0 Å². The highest BCUT2D eigenvalue weighted by atomic mass is 35.5. The zero-order valence-corrected chi connectivity index (χ0v) is 8.31. The monoisotopic (exact) mass is 201 g/mol. The topological polar surface area (TPSA) is 26.0 Å². The molecule has 2 N–H and O–H groups in total. The smallest absolute Gasteiger partial charge is 0.127 e. The van der Waals surface area contributed by atoms with E-state index in [1.165, 1.54) is 6.07 Å². The number of hydrogen-bond acceptors (Lipinski definition) is 1. The van der Waals surface area contributed by atoms with E-state index in [9.17, 15) is 4.39 Å². The van der Waals surface area contributed by atoms with Crippen molar-refractivity contribution in [1.29, 1.82) is 0 Å². The third kappa shape index (κ3) is 3.33. The number of halogens is 2. The zero-order valence-electron chi connectivity index (χ0n) is 7.56. The first-order chi connectivity index (χ1) is 6.09. The molecule has 0 aliphatic rings. The van der Waals surface area contributed by atoms with Gasteiger partial charge < -0.3 is 5.73 Å². The lowest BCUT2D eigenvalue weighted by atomic mass is 10.1. The van der Waals surface area contributed by atoms with Crippen LogP contribution in [0.4, 0.5) is 4.39 Å². The van der Waals surface area contributed by atoms with Crippen molar-refractivity contribution in [3.05, 3.63) is 34.6 Å². The lowest BCUT2D eigenvalue weighted by Gasteiger charge is -2.05. The molecule has 0 fully saturated rings. The Morgan fingerprint density at radius 1 is 1.54 bits per heavy atom. The SMILES string of the molecule is C[C@H](N)CCc1ccc(Cl)cc1F. The summed E-state index contributed by atoms with van der Waals surface area (Å²) in [7, 11) is 0. The summed E-state index contributed by atoms with van der Waals surface area (Å²) in [5, 5.41) is 0.432. The first kappa shape index (κ1) is 10.5. The Kier molecular flexibility index (Phi) is 3.70. The molecule has 0 unspecified atom stereocenters. The average Bonchev–Trinajstić information content (AvgIpc) is 2.02. The molecule has 0 spiro atoms. The van der Waals surface area contributed by atoms with Gasteiger partial charge >= 0.3 is 0 Å². The molecule has 72 valence electrons. The molecule has 0 saturated heterocycles. The molecular formula is C10H13ClFN. The number of hydrogen-bond donors (Lipinski definition) is 1. The molecule has 0 heterocycles. The van der Waals surface area contributed by atoms with Gasteiger partial charge in [0.25, 0.3) is 0 Å². The minimum absolute atomic E-state index is 0.107. The minimum atomic E-state index is -0.242. The Balaban J connectivity index is 2.67. The molecule has 13 heavy (non-hydrogen) atoms. The molecule has 1 aromatic carbocycles. The summed E-state index contributed by atoms with van der Waals surface area (Å²) in [4.78, 5) is 0. The van der Waals surface area contributed by atoms with E-state index >= 15 is 0 Å². The predicted molar refractivity (Wildman–Crippen MR) is 53.4 cm³/mol. The summed E-state index contributed by atoms with van der Waals surface area (Å²) >= 11 is 5.61. The van der Waals surface area contributed by atoms with Gasteiger partial charge in [0.2, 0.25) is 0 Å². The van der Waals surface area contributed by atoms with Crippen LogP contribution >= 0.6 is 11.6 Å². The molecule has 1 aromatic rings. The lowest BCUT2D eigenvalue weighted by Crippen LogP contribution is -2.15. The number of nitrogens with two attached hydrogens (primary N) is 1. The molecular weight excluding hydrogens is 189 g/mol. The molecule has 1 atom stereocenters. The second-order valence-corrected chi connectivity index (χ2v) is 3.69. The summed E-state index contributed by atoms with van der Waals surface area (Å²) in [5.74, 6) is -0.242. The summed E-state index contributed by atoms with van der Waals surface area (Å²) < 4.78 is 13.2. The molecule has 0 radical (unpaired) electrons. The van der Waals surface area contributed by atoms with Crippen molar-refractivity contribution in [3.63, 3.8) is 0 Å². The standard InChI is InChI=1S/C10H13ClFN/c1-7(13)2-3-8-4-5-9(11)6-10(8)12/h4-7H,2-3,13H2,1H3/t7-/m0/s1. The van der Waals surface area contributed by atoms with Crippen molar-refractivity contribution in [2.24, 2.45) is 5.73 Å². The van der Waals surface area contributed by atoms with Crippen LogP contribution in [0.25, 0.3) is 0 Å². The van der Waals surface area contributed by atoms with Crippen molar-refractivity contribution in [2.45, 2.75) is 25.8 Å². The molecule has 0 aliphatic carbocycles. The van der Waals surface area contributed by atoms with E-state index in [-0.39, 0.29) is 11.9 Å². The average molecular weight is 202 g/mol. The highest BCUT2D eigenvalue weighted by molar-refractivity contribution is 6.30. The molecule has 0 aromatic heterocycles. The Labute approximate surface area is 82.7 Å². The summed E-state index contributed by atoms with van der Waals surface area (Å²) in [6, 6.07) is 4.84. The molecule has 1 nitrogen and oxygen atoms in total. The molecule has 0 amide bonds. The minimum Gasteiger partial charge on any atom is -0.328 e. The predicted octanol–water partition coefficient (Wildman–Crippen LogP) is 2.76. The van der Waals surface area contributed by atoms with Crippen LogP contribution in [0, 0.1) is 5.82 Å². The Bertz CT molecular complexity index is 286. The van der Waals surface area contributed by atoms with Gasteiger partial charge in [-0.05, 0) is 37.5 Å². The van der Waals surface area contributed by atoms with E-state index in [0.29, 0.717) is 17.0 Å². The fourth-order valence-electron chi connectivity index (χ4n) is 1.11. The van der Waals surface area contributed by atoms with E-state index in [2.05, 4.69) is 0 Å². The first-order valence-corrected chi connectivity index (χ1v) is 4.67. The summed E-state index contributed by atoms with van der Waals surface area (Å²) in [6.45, 7) is 1.91. The normalized spacial score (nSPS) is 12.9. The fraction of sp³-hybridized carbons (Fsp3) is 0.400. The van der Waals surface area contributed by atoms with Gasteiger partial charge in [-0.15, -0.1) is 0 Å². The molecule has 1 rings (SSSR count). The Morgan fingerprint density at radius 3 is 2.77 bits per heavy atom. The van der Waals surface area contributed by atoms with Crippen molar-refractivity contribution < 1.29 is 4.39 Å². The highest BCUT2D eigenvalue weighted by Gasteiger charge is 2.03. The van der Waals surface area contributed by atoms with Gasteiger partial charge in [-0.25, -0.2) is 4.39 Å². The Morgan fingerprint density at radius 2 is 2.23 bits per heavy atom. The van der Waals surface area contributed by atoms with Crippen LogP contribution in [0.2, 0.25) is 5.02 Å². The third-order valence-corrected chi connectivity index (χ3v) is 2.12. The van der Waals surface area contributed by atoms with Crippen molar-refractivity contribution >= 4 is 11.6 Å². The molecule has 0 bridgehead atoms. The molecule has 0 aliphatic heterocycles. The van der Waals surface area contributed by atoms with Crippen LogP contribution in [0.3, 0.4) is 0 Å². The van der Waals surface area contributed by atoms with E-state index in [1.54, 1.807) is 12.1 Å². The first-order valence-electron chi connectivity index (χ1n) is 4.29. The van der Waals surface area contributed by atoms with Crippen LogP contribution in [-0.4, -0.2) is 6.04 Å². The molecule has 0 saturated carbocycles. The van der Waals surface area contributed by atoms with Gasteiger partial charge in [0.1, 0.15) is 5.82 Å². The molecule has 3 heteroatoms. The van der Waals surface area contributed by atoms with Crippen LogP contribution in [0.5, 0.6) is 0 Å². The number of rotatable bonds is 3. The van der Waals surface area contributed by atoms with E-state index in [1.807, 2.05) is 6.92 Å². The van der Waals surface area contributed by atoms with Crippen LogP contribution in [0.1, 0.15) is 18.9 Å². The zero-order chi connectivity index (χ0) is 9.84. The quantitative estimate of drug-likeness (QED) is 0.800. The van der Waals surface area contributed by atoms with E-state index < -0.39 is 0 Å². The van der Waals surface area contributed by atoms with Crippen molar-refractivity contribution in [1.82, 2.24) is 0 Å². The maximum atomic E-state index is 13.2. The second kappa shape index (κ2) is 4.58. The lowest BCUT2D eigenvalue weighted by molar-refractivity contribution is 0.590. The fourth-order valence-corrected chi connectivity index (χ4v) is 1.27. The van der Waals surface area contributed by atoms with Crippen LogP contribution in [-0.2, 0) is 6.42 Å². The van der Waals surface area contributed by atoms with Crippen LogP contribution in [0.15, 0.2) is 18.2 Å². The summed E-state index contributed by atoms with van der Waals surface area (Å²) in [6.07, 6.45) is 1.46. The largest absolute Gasteiger partial charge is 0.328 e.